The third-order valence-electron chi connectivity index (χ3n) is 6.56. The fourth-order valence-corrected chi connectivity index (χ4v) is 5.16. The van der Waals surface area contributed by atoms with Crippen molar-refractivity contribution in [2.45, 2.75) is 82.5 Å². The summed E-state index contributed by atoms with van der Waals surface area (Å²) in [5, 5.41) is 11.7. The highest BCUT2D eigenvalue weighted by Gasteiger charge is 2.79. The predicted molar refractivity (Wildman–Crippen MR) is 109 cm³/mol. The highest BCUT2D eigenvalue weighted by atomic mass is 16.7. The van der Waals surface area contributed by atoms with Gasteiger partial charge in [0, 0.05) is 19.4 Å². The minimum absolute atomic E-state index is 0.136. The lowest BCUT2D eigenvalue weighted by molar-refractivity contribution is -0.218. The van der Waals surface area contributed by atoms with Crippen LogP contribution < -0.4 is 0 Å². The number of nitrogens with zero attached hydrogens (tertiary/aromatic N) is 1. The van der Waals surface area contributed by atoms with Crippen molar-refractivity contribution < 1.29 is 38.4 Å². The van der Waals surface area contributed by atoms with E-state index < -0.39 is 58.9 Å². The van der Waals surface area contributed by atoms with Gasteiger partial charge in [-0.25, -0.2) is 14.5 Å². The predicted octanol–water partition coefficient (Wildman–Crippen LogP) is 2.16. The molecule has 3 rings (SSSR count). The molecule has 0 aromatic rings. The molecule has 9 heteroatoms. The molecule has 2 fully saturated rings. The number of aliphatic hydroxyl groups is 1. The van der Waals surface area contributed by atoms with Gasteiger partial charge in [0.05, 0.1) is 19.1 Å². The van der Waals surface area contributed by atoms with Crippen molar-refractivity contribution >= 4 is 18.0 Å². The summed E-state index contributed by atoms with van der Waals surface area (Å²) in [4.78, 5) is 41.0. The van der Waals surface area contributed by atoms with Crippen LogP contribution >= 0.6 is 0 Å². The molecule has 6 atom stereocenters. The molecule has 1 N–H and O–H groups in total. The van der Waals surface area contributed by atoms with Crippen LogP contribution in [0.5, 0.6) is 0 Å². The second-order valence-electron chi connectivity index (χ2n) is 9.56. The van der Waals surface area contributed by atoms with Crippen LogP contribution in [0.3, 0.4) is 0 Å². The van der Waals surface area contributed by atoms with Gasteiger partial charge in [-0.15, -0.1) is 0 Å². The van der Waals surface area contributed by atoms with Gasteiger partial charge in [0.2, 0.25) is 11.4 Å². The third-order valence-corrected chi connectivity index (χ3v) is 6.56. The van der Waals surface area contributed by atoms with Crippen LogP contribution in [0.25, 0.3) is 0 Å². The lowest BCUT2D eigenvalue weighted by atomic mass is 9.68. The van der Waals surface area contributed by atoms with Gasteiger partial charge in [-0.3, -0.25) is 4.79 Å². The van der Waals surface area contributed by atoms with Crippen LogP contribution in [-0.2, 0) is 28.5 Å². The van der Waals surface area contributed by atoms with E-state index in [1.807, 2.05) is 12.2 Å². The van der Waals surface area contributed by atoms with Gasteiger partial charge in [-0.05, 0) is 47.0 Å². The van der Waals surface area contributed by atoms with Gasteiger partial charge in [-0.2, -0.15) is 0 Å². The molecule has 2 heterocycles. The molecule has 3 aliphatic rings. The minimum Gasteiger partial charge on any atom is -0.467 e. The first-order valence-corrected chi connectivity index (χ1v) is 10.6. The fraction of sp³-hybridized carbons (Fsp3) is 0.773. The van der Waals surface area contributed by atoms with Crippen molar-refractivity contribution in [3.63, 3.8) is 0 Å². The Kier molecular flexibility index (Phi) is 6.25. The molecule has 0 aromatic carbocycles. The topological polar surface area (TPSA) is 112 Å². The molecule has 0 unspecified atom stereocenters. The van der Waals surface area contributed by atoms with E-state index in [4.69, 9.17) is 18.9 Å². The van der Waals surface area contributed by atoms with Crippen molar-refractivity contribution in [3.05, 3.63) is 12.2 Å². The van der Waals surface area contributed by atoms with E-state index in [1.165, 1.54) is 7.11 Å². The Morgan fingerprint density at radius 2 is 2.00 bits per heavy atom. The molecule has 9 nitrogen and oxygen atoms in total. The molecule has 0 radical (unpaired) electrons. The van der Waals surface area contributed by atoms with E-state index in [2.05, 4.69) is 0 Å². The largest absolute Gasteiger partial charge is 0.467 e. The number of hydrogen-bond acceptors (Lipinski definition) is 8. The van der Waals surface area contributed by atoms with Gasteiger partial charge in [0.15, 0.2) is 6.29 Å². The van der Waals surface area contributed by atoms with Gasteiger partial charge in [0.25, 0.3) is 0 Å². The van der Waals surface area contributed by atoms with Crippen LogP contribution in [0.2, 0.25) is 0 Å². The first-order valence-electron chi connectivity index (χ1n) is 10.6. The summed E-state index contributed by atoms with van der Waals surface area (Å²) in [6.45, 7) is 6.54. The van der Waals surface area contributed by atoms with Crippen LogP contribution in [0, 0.1) is 11.8 Å². The molecule has 0 spiro atoms. The van der Waals surface area contributed by atoms with Crippen molar-refractivity contribution in [2.75, 3.05) is 14.2 Å². The van der Waals surface area contributed by atoms with E-state index in [0.717, 1.165) is 24.9 Å². The molecule has 2 amide bonds. The van der Waals surface area contributed by atoms with E-state index in [0.29, 0.717) is 6.42 Å². The summed E-state index contributed by atoms with van der Waals surface area (Å²) in [7, 11) is 2.59. The van der Waals surface area contributed by atoms with Gasteiger partial charge >= 0.3 is 12.1 Å². The highest BCUT2D eigenvalue weighted by Crippen LogP contribution is 2.56. The average Bonchev–Trinajstić information content (AvgIpc) is 3.15. The summed E-state index contributed by atoms with van der Waals surface area (Å²) in [6.07, 6.45) is 2.87. The maximum atomic E-state index is 13.6. The SMILES string of the molecule is COC(=O)[C@@]1([C@@H](O)[C@@H]2C=CCCC2)N(C(=O)OC(C)(C)C)C(=O)[C@@H]2C[C@@H](OC)O[C@@]21C. The number of hydrogen-bond donors (Lipinski definition) is 1. The number of ether oxygens (including phenoxy) is 4. The lowest BCUT2D eigenvalue weighted by Gasteiger charge is -2.48. The minimum atomic E-state index is -2.13. The number of rotatable bonds is 4. The zero-order valence-electron chi connectivity index (χ0n) is 19.0. The van der Waals surface area contributed by atoms with Crippen LogP contribution in [0.1, 0.15) is 53.4 Å². The van der Waals surface area contributed by atoms with Crippen molar-refractivity contribution in [3.8, 4) is 0 Å². The van der Waals surface area contributed by atoms with Crippen LogP contribution in [0.4, 0.5) is 4.79 Å². The first-order chi connectivity index (χ1) is 14.4. The molecule has 0 bridgehead atoms. The monoisotopic (exact) mass is 439 g/mol. The van der Waals surface area contributed by atoms with Gasteiger partial charge in [-0.1, -0.05) is 12.2 Å². The van der Waals surface area contributed by atoms with Crippen LogP contribution in [0.15, 0.2) is 12.2 Å². The number of likely N-dealkylation sites (tertiary alicyclic amines) is 1. The zero-order valence-corrected chi connectivity index (χ0v) is 19.0. The van der Waals surface area contributed by atoms with E-state index >= 15 is 0 Å². The number of methoxy groups -OCH3 is 2. The second kappa shape index (κ2) is 8.18. The van der Waals surface area contributed by atoms with Crippen LogP contribution in [-0.4, -0.2) is 71.3 Å². The summed E-state index contributed by atoms with van der Waals surface area (Å²) >= 11 is 0. The molecule has 174 valence electrons. The van der Waals surface area contributed by atoms with E-state index in [-0.39, 0.29) is 6.42 Å². The summed E-state index contributed by atoms with van der Waals surface area (Å²) in [5.74, 6) is -2.96. The van der Waals surface area contributed by atoms with E-state index in [9.17, 15) is 19.5 Å². The fourth-order valence-electron chi connectivity index (χ4n) is 5.16. The number of allylic oxidation sites excluding steroid dienone is 1. The molecular weight excluding hydrogens is 406 g/mol. The highest BCUT2D eigenvalue weighted by molar-refractivity contribution is 6.06. The van der Waals surface area contributed by atoms with E-state index in [1.54, 1.807) is 27.7 Å². The number of esters is 1. The summed E-state index contributed by atoms with van der Waals surface area (Å²) in [6, 6.07) is 0. The molecular formula is C22H33NO8. The number of amides is 2. The maximum absolute atomic E-state index is 13.6. The quantitative estimate of drug-likeness (QED) is 0.524. The number of imide groups is 1. The van der Waals surface area contributed by atoms with Gasteiger partial charge in [0.1, 0.15) is 11.2 Å². The van der Waals surface area contributed by atoms with Crippen molar-refractivity contribution in [1.82, 2.24) is 4.90 Å². The summed E-state index contributed by atoms with van der Waals surface area (Å²) in [5.41, 5.74) is -4.63. The molecule has 0 saturated carbocycles. The average molecular weight is 440 g/mol. The Morgan fingerprint density at radius 1 is 1.32 bits per heavy atom. The molecule has 31 heavy (non-hydrogen) atoms. The number of fused-ring (bicyclic) bond motifs is 1. The number of carbonyl (C=O) groups is 3. The maximum Gasteiger partial charge on any atom is 0.418 e. The Bertz CT molecular complexity index is 774. The molecule has 2 aliphatic heterocycles. The normalized spacial score (nSPS) is 36.3. The smallest absolute Gasteiger partial charge is 0.418 e. The summed E-state index contributed by atoms with van der Waals surface area (Å²) < 4.78 is 22.0. The second-order valence-corrected chi connectivity index (χ2v) is 9.56. The molecule has 1 aliphatic carbocycles. The van der Waals surface area contributed by atoms with Crippen molar-refractivity contribution in [2.24, 2.45) is 11.8 Å². The Balaban J connectivity index is 2.22. The zero-order chi connectivity index (χ0) is 23.2. The first kappa shape index (κ1) is 23.7. The number of aliphatic hydroxyl groups excluding tert-OH is 1. The third kappa shape index (κ3) is 3.56. The Morgan fingerprint density at radius 3 is 2.52 bits per heavy atom. The van der Waals surface area contributed by atoms with Gasteiger partial charge < -0.3 is 24.1 Å². The Hall–Kier alpha value is -1.97. The molecule has 2 saturated heterocycles. The molecule has 0 aromatic heterocycles. The standard InChI is InChI=1S/C22H33NO8/c1-20(2,3)31-19(27)23-17(25)14-12-15(28-5)30-21(14,4)22(23,18(26)29-6)16(24)13-10-8-7-9-11-13/h8,10,13-16,24H,7,9,11-12H2,1-6H3/t13-,14+,15+,16+,21+,22-/m1/s1. The Labute approximate surface area is 182 Å². The lowest BCUT2D eigenvalue weighted by Crippen LogP contribution is -2.72. The number of carbonyl (C=O) groups excluding carboxylic acids is 3. The van der Waals surface area contributed by atoms with Crippen molar-refractivity contribution in [1.29, 1.82) is 0 Å².